The highest BCUT2D eigenvalue weighted by Gasteiger charge is 2.34. The zero-order valence-corrected chi connectivity index (χ0v) is 18.9. The summed E-state index contributed by atoms with van der Waals surface area (Å²) in [5.74, 6) is 0.0336. The molecule has 1 aromatic heterocycles. The molecule has 1 aromatic carbocycles. The smallest absolute Gasteiger partial charge is 0.231 e. The van der Waals surface area contributed by atoms with Crippen molar-refractivity contribution in [2.24, 2.45) is 5.92 Å². The van der Waals surface area contributed by atoms with Crippen LogP contribution in [0.25, 0.3) is 11.3 Å². The zero-order valence-electron chi connectivity index (χ0n) is 18.1. The van der Waals surface area contributed by atoms with E-state index in [0.29, 0.717) is 37.9 Å². The summed E-state index contributed by atoms with van der Waals surface area (Å²) < 4.78 is 10.7. The van der Waals surface area contributed by atoms with Gasteiger partial charge in [0, 0.05) is 56.5 Å². The third-order valence-corrected chi connectivity index (χ3v) is 6.37. The number of ether oxygens (including phenoxy) is 2. The highest BCUT2D eigenvalue weighted by Crippen LogP contribution is 2.36. The van der Waals surface area contributed by atoms with Gasteiger partial charge in [-0.2, -0.15) is 0 Å². The molecule has 32 heavy (non-hydrogen) atoms. The van der Waals surface area contributed by atoms with E-state index in [4.69, 9.17) is 9.47 Å². The summed E-state index contributed by atoms with van der Waals surface area (Å²) in [6.07, 6.45) is 0.902. The molecule has 2 atom stereocenters. The van der Waals surface area contributed by atoms with Gasteiger partial charge in [-0.15, -0.1) is 11.3 Å². The van der Waals surface area contributed by atoms with Gasteiger partial charge in [0.2, 0.25) is 17.7 Å². The second-order valence-electron chi connectivity index (χ2n) is 7.90. The molecule has 0 saturated carbocycles. The Morgan fingerprint density at radius 1 is 1.38 bits per heavy atom. The van der Waals surface area contributed by atoms with Crippen LogP contribution in [0, 0.1) is 5.92 Å². The number of benzene rings is 1. The van der Waals surface area contributed by atoms with E-state index < -0.39 is 5.92 Å². The van der Waals surface area contributed by atoms with Gasteiger partial charge >= 0.3 is 0 Å². The lowest BCUT2D eigenvalue weighted by Gasteiger charge is -2.26. The molecule has 3 heterocycles. The fraction of sp³-hybridized carbons (Fsp3) is 0.455. The normalized spacial score (nSPS) is 19.9. The molecular formula is C22H26N4O5S. The number of likely N-dealkylation sites (tertiary alicyclic amines) is 1. The molecule has 2 aliphatic heterocycles. The lowest BCUT2D eigenvalue weighted by atomic mass is 9.97. The number of thiazole rings is 1. The average molecular weight is 459 g/mol. The number of nitrogens with zero attached hydrogens (tertiary/aromatic N) is 2. The van der Waals surface area contributed by atoms with Crippen LogP contribution in [0.3, 0.4) is 0 Å². The Bertz CT molecular complexity index is 1020. The van der Waals surface area contributed by atoms with E-state index >= 15 is 0 Å². The van der Waals surface area contributed by atoms with Crippen molar-refractivity contribution < 1.29 is 23.9 Å². The van der Waals surface area contributed by atoms with Crippen LogP contribution in [0.2, 0.25) is 0 Å². The highest BCUT2D eigenvalue weighted by atomic mass is 32.1. The second-order valence-corrected chi connectivity index (χ2v) is 8.76. The second kappa shape index (κ2) is 9.66. The van der Waals surface area contributed by atoms with Crippen LogP contribution in [0.5, 0.6) is 5.75 Å². The molecule has 170 valence electrons. The van der Waals surface area contributed by atoms with E-state index in [1.165, 1.54) is 18.3 Å². The van der Waals surface area contributed by atoms with Crippen molar-refractivity contribution in [1.82, 2.24) is 15.2 Å². The molecule has 4 rings (SSSR count). The number of carbonyl (C=O) groups is 3. The van der Waals surface area contributed by atoms with Crippen molar-refractivity contribution in [3.63, 3.8) is 0 Å². The summed E-state index contributed by atoms with van der Waals surface area (Å²) in [4.78, 5) is 42.5. The molecule has 2 N–H and O–H groups in total. The first-order valence-electron chi connectivity index (χ1n) is 10.5. The van der Waals surface area contributed by atoms with E-state index in [1.54, 1.807) is 12.0 Å². The first-order chi connectivity index (χ1) is 15.4. The number of rotatable bonds is 7. The summed E-state index contributed by atoms with van der Waals surface area (Å²) in [5, 5.41) is 8.17. The Hall–Kier alpha value is -2.98. The minimum atomic E-state index is -0.397. The summed E-state index contributed by atoms with van der Waals surface area (Å²) in [7, 11) is 1.58. The number of anilines is 1. The summed E-state index contributed by atoms with van der Waals surface area (Å²) in [6.45, 7) is 3.38. The van der Waals surface area contributed by atoms with Gasteiger partial charge in [-0.25, -0.2) is 4.98 Å². The minimum absolute atomic E-state index is 0.0352. The Kier molecular flexibility index (Phi) is 6.71. The minimum Gasteiger partial charge on any atom is -0.493 e. The molecule has 0 aliphatic carbocycles. The molecule has 1 saturated heterocycles. The number of aromatic nitrogens is 1. The van der Waals surface area contributed by atoms with Gasteiger partial charge in [-0.1, -0.05) is 0 Å². The average Bonchev–Trinajstić information content (AvgIpc) is 3.38. The summed E-state index contributed by atoms with van der Waals surface area (Å²) >= 11 is 1.33. The molecule has 9 nitrogen and oxygen atoms in total. The predicted octanol–water partition coefficient (Wildman–Crippen LogP) is 2.20. The Morgan fingerprint density at radius 3 is 3.00 bits per heavy atom. The van der Waals surface area contributed by atoms with E-state index in [2.05, 4.69) is 15.6 Å². The van der Waals surface area contributed by atoms with Gasteiger partial charge in [0.15, 0.2) is 5.13 Å². The van der Waals surface area contributed by atoms with Gasteiger partial charge in [0.1, 0.15) is 5.75 Å². The van der Waals surface area contributed by atoms with Gasteiger partial charge in [-0.3, -0.25) is 14.4 Å². The number of amides is 3. The standard InChI is InChI=1S/C22H26N4O5S/c1-13(27)23-17-5-7-31-19-4-3-14(9-16(17)19)18-12-32-22(24-18)25-21(29)15-10-20(28)26(11-15)6-8-30-2/h3-4,9,12,15,17H,5-8,10-11H2,1-2H3,(H,23,27)(H,24,25,29). The predicted molar refractivity (Wildman–Crippen MR) is 119 cm³/mol. The SMILES string of the molecule is COCCN1CC(C(=O)Nc2nc(-c3ccc4c(c3)C(NC(C)=O)CCO4)cs2)CC1=O. The Morgan fingerprint density at radius 2 is 2.22 bits per heavy atom. The molecule has 10 heteroatoms. The third kappa shape index (κ3) is 4.91. The third-order valence-electron chi connectivity index (χ3n) is 5.61. The van der Waals surface area contributed by atoms with E-state index in [1.807, 2.05) is 23.6 Å². The summed E-state index contributed by atoms with van der Waals surface area (Å²) in [6, 6.07) is 5.67. The first kappa shape index (κ1) is 22.2. The lowest BCUT2D eigenvalue weighted by molar-refractivity contribution is -0.128. The van der Waals surface area contributed by atoms with Crippen LogP contribution >= 0.6 is 11.3 Å². The highest BCUT2D eigenvalue weighted by molar-refractivity contribution is 7.14. The molecule has 2 aromatic rings. The van der Waals surface area contributed by atoms with Crippen molar-refractivity contribution >= 4 is 34.2 Å². The maximum atomic E-state index is 12.7. The summed E-state index contributed by atoms with van der Waals surface area (Å²) in [5.41, 5.74) is 2.52. The first-order valence-corrected chi connectivity index (χ1v) is 11.4. The quantitative estimate of drug-likeness (QED) is 0.658. The largest absolute Gasteiger partial charge is 0.493 e. The number of methoxy groups -OCH3 is 1. The molecule has 2 unspecified atom stereocenters. The molecule has 0 spiro atoms. The van der Waals surface area contributed by atoms with Gasteiger partial charge < -0.3 is 25.0 Å². The molecule has 0 radical (unpaired) electrons. The van der Waals surface area contributed by atoms with E-state index in [-0.39, 0.29) is 30.2 Å². The van der Waals surface area contributed by atoms with Crippen molar-refractivity contribution in [3.05, 3.63) is 29.1 Å². The van der Waals surface area contributed by atoms with Crippen molar-refractivity contribution in [2.45, 2.75) is 25.8 Å². The lowest BCUT2D eigenvalue weighted by Crippen LogP contribution is -2.30. The number of carbonyl (C=O) groups excluding carboxylic acids is 3. The van der Waals surface area contributed by atoms with Gasteiger partial charge in [0.25, 0.3) is 0 Å². The van der Waals surface area contributed by atoms with E-state index in [9.17, 15) is 14.4 Å². The fourth-order valence-corrected chi connectivity index (χ4v) is 4.71. The maximum absolute atomic E-state index is 12.7. The number of hydrogen-bond acceptors (Lipinski definition) is 7. The van der Waals surface area contributed by atoms with Crippen LogP contribution in [0.4, 0.5) is 5.13 Å². The van der Waals surface area contributed by atoms with Crippen LogP contribution < -0.4 is 15.4 Å². The van der Waals surface area contributed by atoms with Gasteiger partial charge in [0.05, 0.1) is 30.9 Å². The van der Waals surface area contributed by atoms with Crippen LogP contribution in [-0.4, -0.2) is 61.0 Å². The number of fused-ring (bicyclic) bond motifs is 1. The van der Waals surface area contributed by atoms with Crippen molar-refractivity contribution in [2.75, 3.05) is 38.7 Å². The molecule has 2 aliphatic rings. The van der Waals surface area contributed by atoms with Crippen LogP contribution in [0.15, 0.2) is 23.6 Å². The molecule has 3 amide bonds. The van der Waals surface area contributed by atoms with Crippen molar-refractivity contribution in [1.29, 1.82) is 0 Å². The zero-order chi connectivity index (χ0) is 22.7. The van der Waals surface area contributed by atoms with Crippen LogP contribution in [-0.2, 0) is 19.1 Å². The van der Waals surface area contributed by atoms with Crippen LogP contribution in [0.1, 0.15) is 31.4 Å². The monoisotopic (exact) mass is 458 g/mol. The van der Waals surface area contributed by atoms with Gasteiger partial charge in [-0.05, 0) is 18.2 Å². The van der Waals surface area contributed by atoms with Crippen molar-refractivity contribution in [3.8, 4) is 17.0 Å². The molecule has 0 bridgehead atoms. The Balaban J connectivity index is 1.44. The fourth-order valence-electron chi connectivity index (χ4n) is 3.99. The number of nitrogens with one attached hydrogen (secondary N) is 2. The maximum Gasteiger partial charge on any atom is 0.231 e. The molecule has 1 fully saturated rings. The van der Waals surface area contributed by atoms with E-state index in [0.717, 1.165) is 22.6 Å². The molecular weight excluding hydrogens is 432 g/mol. The topological polar surface area (TPSA) is 110 Å². The number of hydrogen-bond donors (Lipinski definition) is 2. The Labute approximate surface area is 190 Å².